The summed E-state index contributed by atoms with van der Waals surface area (Å²) in [5, 5.41) is 2.88. The second-order valence-electron chi connectivity index (χ2n) is 5.22. The zero-order valence-electron chi connectivity index (χ0n) is 12.5. The number of nitrogen functional groups attached to an aromatic ring is 1. The molecule has 0 heterocycles. The van der Waals surface area contributed by atoms with Crippen molar-refractivity contribution in [2.75, 3.05) is 11.1 Å². The predicted octanol–water partition coefficient (Wildman–Crippen LogP) is 3.62. The highest BCUT2D eigenvalue weighted by atomic mass is 16.5. The lowest BCUT2D eigenvalue weighted by molar-refractivity contribution is 0.102. The van der Waals surface area contributed by atoms with Crippen LogP contribution in [-0.4, -0.2) is 12.0 Å². The second-order valence-corrected chi connectivity index (χ2v) is 5.22. The van der Waals surface area contributed by atoms with Gasteiger partial charge in [-0.15, -0.1) is 0 Å². The van der Waals surface area contributed by atoms with Gasteiger partial charge in [0.25, 0.3) is 5.91 Å². The van der Waals surface area contributed by atoms with Crippen molar-refractivity contribution in [2.45, 2.75) is 26.9 Å². The zero-order valence-corrected chi connectivity index (χ0v) is 12.5. The number of nitrogens with two attached hydrogens (primary N) is 1. The first kappa shape index (κ1) is 14.9. The normalized spacial score (nSPS) is 10.5. The summed E-state index contributed by atoms with van der Waals surface area (Å²) in [6.45, 7) is 5.89. The highest BCUT2D eigenvalue weighted by Gasteiger charge is 2.09. The molecule has 0 fully saturated rings. The number of anilines is 2. The maximum absolute atomic E-state index is 12.2. The molecule has 0 bridgehead atoms. The van der Waals surface area contributed by atoms with E-state index in [-0.39, 0.29) is 12.0 Å². The van der Waals surface area contributed by atoms with Crippen LogP contribution in [0.25, 0.3) is 0 Å². The number of carbonyl (C=O) groups is 1. The first-order chi connectivity index (χ1) is 9.95. The molecular formula is C17H20N2O2. The molecule has 0 aliphatic heterocycles. The highest BCUT2D eigenvalue weighted by molar-refractivity contribution is 6.05. The van der Waals surface area contributed by atoms with E-state index in [1.807, 2.05) is 39.0 Å². The Labute approximate surface area is 124 Å². The van der Waals surface area contributed by atoms with E-state index in [4.69, 9.17) is 10.5 Å². The van der Waals surface area contributed by atoms with E-state index in [0.717, 1.165) is 17.0 Å². The largest absolute Gasteiger partial charge is 0.491 e. The molecule has 4 heteroatoms. The minimum absolute atomic E-state index is 0.122. The Balaban J connectivity index is 2.14. The molecule has 21 heavy (non-hydrogen) atoms. The number of carbonyl (C=O) groups excluding carboxylic acids is 1. The number of ether oxygens (including phenoxy) is 1. The average molecular weight is 284 g/mol. The highest BCUT2D eigenvalue weighted by Crippen LogP contribution is 2.23. The topological polar surface area (TPSA) is 64.3 Å². The summed E-state index contributed by atoms with van der Waals surface area (Å²) >= 11 is 0. The van der Waals surface area contributed by atoms with Crippen molar-refractivity contribution < 1.29 is 9.53 Å². The number of nitrogens with one attached hydrogen (secondary N) is 1. The van der Waals surface area contributed by atoms with Crippen molar-refractivity contribution in [3.63, 3.8) is 0 Å². The SMILES string of the molecule is Cc1cc(OC(C)C)ccc1NC(=O)c1cccc(N)c1. The van der Waals surface area contributed by atoms with Crippen LogP contribution in [0.3, 0.4) is 0 Å². The molecule has 1 amide bonds. The molecule has 110 valence electrons. The van der Waals surface area contributed by atoms with Crippen molar-refractivity contribution in [1.82, 2.24) is 0 Å². The van der Waals surface area contributed by atoms with Crippen LogP contribution >= 0.6 is 0 Å². The molecule has 4 nitrogen and oxygen atoms in total. The molecule has 3 N–H and O–H groups in total. The van der Waals surface area contributed by atoms with Crippen LogP contribution in [0.15, 0.2) is 42.5 Å². The number of hydrogen-bond acceptors (Lipinski definition) is 3. The third kappa shape index (κ3) is 3.99. The molecule has 0 saturated heterocycles. The van der Waals surface area contributed by atoms with Gasteiger partial charge in [0.15, 0.2) is 0 Å². The quantitative estimate of drug-likeness (QED) is 0.843. The lowest BCUT2D eigenvalue weighted by Crippen LogP contribution is -2.13. The molecule has 0 aliphatic carbocycles. The lowest BCUT2D eigenvalue weighted by atomic mass is 10.1. The molecule has 2 aromatic rings. The Morgan fingerprint density at radius 2 is 1.95 bits per heavy atom. The van der Waals surface area contributed by atoms with Crippen LogP contribution in [0.4, 0.5) is 11.4 Å². The zero-order chi connectivity index (χ0) is 15.4. The van der Waals surface area contributed by atoms with Crippen molar-refractivity contribution in [2.24, 2.45) is 0 Å². The van der Waals surface area contributed by atoms with Crippen LogP contribution < -0.4 is 15.8 Å². The van der Waals surface area contributed by atoms with Gasteiger partial charge in [0.1, 0.15) is 5.75 Å². The van der Waals surface area contributed by atoms with Crippen molar-refractivity contribution in [1.29, 1.82) is 0 Å². The van der Waals surface area contributed by atoms with Gasteiger partial charge in [-0.25, -0.2) is 0 Å². The van der Waals surface area contributed by atoms with E-state index in [2.05, 4.69) is 5.32 Å². The minimum Gasteiger partial charge on any atom is -0.491 e. The third-order valence-corrected chi connectivity index (χ3v) is 2.97. The third-order valence-electron chi connectivity index (χ3n) is 2.97. The Morgan fingerprint density at radius 1 is 1.19 bits per heavy atom. The number of benzene rings is 2. The molecule has 2 aromatic carbocycles. The summed E-state index contributed by atoms with van der Waals surface area (Å²) in [6, 6.07) is 12.5. The van der Waals surface area contributed by atoms with Gasteiger partial charge in [-0.1, -0.05) is 6.07 Å². The molecule has 0 spiro atoms. The lowest BCUT2D eigenvalue weighted by Gasteiger charge is -2.13. The van der Waals surface area contributed by atoms with E-state index in [1.165, 1.54) is 0 Å². The van der Waals surface area contributed by atoms with Gasteiger partial charge in [0.05, 0.1) is 6.10 Å². The van der Waals surface area contributed by atoms with E-state index >= 15 is 0 Å². The van der Waals surface area contributed by atoms with Gasteiger partial charge < -0.3 is 15.8 Å². The van der Waals surface area contributed by atoms with Crippen LogP contribution in [0.5, 0.6) is 5.75 Å². The first-order valence-corrected chi connectivity index (χ1v) is 6.90. The summed E-state index contributed by atoms with van der Waals surface area (Å²) in [6.07, 6.45) is 0.122. The molecule has 0 unspecified atom stereocenters. The minimum atomic E-state index is -0.178. The Bertz CT molecular complexity index is 651. The average Bonchev–Trinajstić information content (AvgIpc) is 2.41. The molecule has 2 rings (SSSR count). The van der Waals surface area contributed by atoms with Crippen LogP contribution in [0, 0.1) is 6.92 Å². The fraction of sp³-hybridized carbons (Fsp3) is 0.235. The molecule has 0 aromatic heterocycles. The van der Waals surface area contributed by atoms with E-state index in [0.29, 0.717) is 11.3 Å². The smallest absolute Gasteiger partial charge is 0.255 e. The monoisotopic (exact) mass is 284 g/mol. The fourth-order valence-corrected chi connectivity index (χ4v) is 2.00. The number of amides is 1. The van der Waals surface area contributed by atoms with Gasteiger partial charge in [-0.3, -0.25) is 4.79 Å². The van der Waals surface area contributed by atoms with Gasteiger partial charge in [0.2, 0.25) is 0 Å². The molecular weight excluding hydrogens is 264 g/mol. The van der Waals surface area contributed by atoms with Crippen molar-refractivity contribution in [3.8, 4) is 5.75 Å². The Kier molecular flexibility index (Phi) is 4.48. The van der Waals surface area contributed by atoms with Crippen LogP contribution in [0.2, 0.25) is 0 Å². The summed E-state index contributed by atoms with van der Waals surface area (Å²) in [5.41, 5.74) is 8.51. The standard InChI is InChI=1S/C17H20N2O2/c1-11(2)21-15-7-8-16(12(3)9-15)19-17(20)13-5-4-6-14(18)10-13/h4-11H,18H2,1-3H3,(H,19,20). The Hall–Kier alpha value is -2.49. The maximum atomic E-state index is 12.2. The van der Waals surface area contributed by atoms with E-state index < -0.39 is 0 Å². The molecule has 0 aliphatic rings. The van der Waals surface area contributed by atoms with E-state index in [9.17, 15) is 4.79 Å². The van der Waals surface area contributed by atoms with Crippen LogP contribution in [0.1, 0.15) is 29.8 Å². The second kappa shape index (κ2) is 6.31. The molecule has 0 atom stereocenters. The summed E-state index contributed by atoms with van der Waals surface area (Å²) < 4.78 is 5.63. The maximum Gasteiger partial charge on any atom is 0.255 e. The molecule has 0 radical (unpaired) electrons. The first-order valence-electron chi connectivity index (χ1n) is 6.90. The van der Waals surface area contributed by atoms with Crippen LogP contribution in [-0.2, 0) is 0 Å². The fourth-order valence-electron chi connectivity index (χ4n) is 2.00. The van der Waals surface area contributed by atoms with Gasteiger partial charge >= 0.3 is 0 Å². The number of rotatable bonds is 4. The predicted molar refractivity (Wildman–Crippen MR) is 85.8 cm³/mol. The summed E-state index contributed by atoms with van der Waals surface area (Å²) in [5.74, 6) is 0.618. The summed E-state index contributed by atoms with van der Waals surface area (Å²) in [7, 11) is 0. The van der Waals surface area contributed by atoms with Gasteiger partial charge in [-0.05, 0) is 62.7 Å². The number of hydrogen-bond donors (Lipinski definition) is 2. The number of aryl methyl sites for hydroxylation is 1. The molecule has 0 saturated carbocycles. The van der Waals surface area contributed by atoms with Gasteiger partial charge in [0, 0.05) is 16.9 Å². The van der Waals surface area contributed by atoms with E-state index in [1.54, 1.807) is 24.3 Å². The van der Waals surface area contributed by atoms with Crippen molar-refractivity contribution >= 4 is 17.3 Å². The Morgan fingerprint density at radius 3 is 2.57 bits per heavy atom. The van der Waals surface area contributed by atoms with Gasteiger partial charge in [-0.2, -0.15) is 0 Å². The van der Waals surface area contributed by atoms with Crippen molar-refractivity contribution in [3.05, 3.63) is 53.6 Å². The summed E-state index contributed by atoms with van der Waals surface area (Å²) in [4.78, 5) is 12.2.